The fraction of sp³-hybridized carbons (Fsp3) is 0. The average Bonchev–Trinajstić information content (AvgIpc) is 2.82. The Morgan fingerprint density at radius 2 is 2.33 bits per heavy atom. The Hall–Kier alpha value is -2.37. The highest BCUT2D eigenvalue weighted by Crippen LogP contribution is 2.05. The van der Waals surface area contributed by atoms with Gasteiger partial charge in [-0.3, -0.25) is 4.98 Å². The first-order valence-corrected chi connectivity index (χ1v) is 4.23. The van der Waals surface area contributed by atoms with E-state index in [0.29, 0.717) is 5.69 Å². The number of aromatic nitrogens is 3. The number of rotatable bonds is 2. The van der Waals surface area contributed by atoms with Gasteiger partial charge < -0.3 is 15.5 Å². The van der Waals surface area contributed by atoms with Crippen molar-refractivity contribution in [3.8, 4) is 5.69 Å². The van der Waals surface area contributed by atoms with Crippen molar-refractivity contribution in [2.75, 3.05) is 0 Å². The zero-order chi connectivity index (χ0) is 10.7. The lowest BCUT2D eigenvalue weighted by Gasteiger charge is -2.02. The Morgan fingerprint density at radius 1 is 1.47 bits per heavy atom. The molecule has 6 nitrogen and oxygen atoms in total. The molecule has 6 heteroatoms. The van der Waals surface area contributed by atoms with Crippen molar-refractivity contribution in [1.29, 1.82) is 0 Å². The molecule has 0 aromatic carbocycles. The maximum atomic E-state index is 8.45. The van der Waals surface area contributed by atoms with Crippen LogP contribution in [0.25, 0.3) is 5.69 Å². The second-order valence-electron chi connectivity index (χ2n) is 2.86. The molecule has 0 radical (unpaired) electrons. The first-order valence-electron chi connectivity index (χ1n) is 4.23. The summed E-state index contributed by atoms with van der Waals surface area (Å²) < 4.78 is 1.81. The first kappa shape index (κ1) is 9.20. The van der Waals surface area contributed by atoms with Gasteiger partial charge in [0, 0.05) is 12.4 Å². The van der Waals surface area contributed by atoms with Crippen LogP contribution in [0, 0.1) is 0 Å². The monoisotopic (exact) mass is 203 g/mol. The van der Waals surface area contributed by atoms with Crippen LogP contribution in [0.3, 0.4) is 0 Å². The maximum absolute atomic E-state index is 8.45. The van der Waals surface area contributed by atoms with Gasteiger partial charge in [-0.25, -0.2) is 4.98 Å². The lowest BCUT2D eigenvalue weighted by Crippen LogP contribution is -2.14. The van der Waals surface area contributed by atoms with Gasteiger partial charge in [0.1, 0.15) is 5.69 Å². The van der Waals surface area contributed by atoms with E-state index in [1.54, 1.807) is 31.0 Å². The van der Waals surface area contributed by atoms with Crippen LogP contribution < -0.4 is 5.73 Å². The molecule has 2 aromatic heterocycles. The Kier molecular flexibility index (Phi) is 2.32. The summed E-state index contributed by atoms with van der Waals surface area (Å²) in [5.74, 6) is -0.00724. The van der Waals surface area contributed by atoms with Gasteiger partial charge in [-0.15, -0.1) is 0 Å². The molecule has 0 unspecified atom stereocenters. The van der Waals surface area contributed by atoms with E-state index >= 15 is 0 Å². The summed E-state index contributed by atoms with van der Waals surface area (Å²) in [4.78, 5) is 7.96. The van der Waals surface area contributed by atoms with E-state index in [1.165, 1.54) is 0 Å². The Labute approximate surface area is 85.7 Å². The summed E-state index contributed by atoms with van der Waals surface area (Å²) in [5.41, 5.74) is 6.68. The molecule has 3 N–H and O–H groups in total. The van der Waals surface area contributed by atoms with Crippen molar-refractivity contribution in [3.63, 3.8) is 0 Å². The van der Waals surface area contributed by atoms with Gasteiger partial charge in [0.25, 0.3) is 0 Å². The molecule has 0 aliphatic heterocycles. The smallest absolute Gasteiger partial charge is 0.188 e. The zero-order valence-corrected chi connectivity index (χ0v) is 7.78. The summed E-state index contributed by atoms with van der Waals surface area (Å²) in [7, 11) is 0. The van der Waals surface area contributed by atoms with Crippen LogP contribution in [0.1, 0.15) is 5.69 Å². The van der Waals surface area contributed by atoms with Gasteiger partial charge >= 0.3 is 0 Å². The second kappa shape index (κ2) is 3.79. The fourth-order valence-corrected chi connectivity index (χ4v) is 1.15. The van der Waals surface area contributed by atoms with Crippen molar-refractivity contribution in [3.05, 3.63) is 42.7 Å². The first-order chi connectivity index (χ1) is 7.31. The van der Waals surface area contributed by atoms with Crippen molar-refractivity contribution in [1.82, 2.24) is 14.5 Å². The molecule has 0 amide bonds. The molecule has 0 spiro atoms. The van der Waals surface area contributed by atoms with E-state index in [9.17, 15) is 0 Å². The topological polar surface area (TPSA) is 89.3 Å². The van der Waals surface area contributed by atoms with Crippen molar-refractivity contribution in [2.24, 2.45) is 10.9 Å². The van der Waals surface area contributed by atoms with E-state index in [2.05, 4.69) is 15.1 Å². The average molecular weight is 203 g/mol. The van der Waals surface area contributed by atoms with Gasteiger partial charge in [0.05, 0.1) is 18.2 Å². The van der Waals surface area contributed by atoms with Gasteiger partial charge in [0.15, 0.2) is 5.84 Å². The van der Waals surface area contributed by atoms with Gasteiger partial charge in [-0.1, -0.05) is 5.16 Å². The maximum Gasteiger partial charge on any atom is 0.188 e. The molecule has 2 rings (SSSR count). The molecule has 0 fully saturated rings. The second-order valence-corrected chi connectivity index (χ2v) is 2.86. The van der Waals surface area contributed by atoms with Gasteiger partial charge in [-0.2, -0.15) is 0 Å². The molecule has 0 saturated carbocycles. The zero-order valence-electron chi connectivity index (χ0n) is 7.78. The Bertz CT molecular complexity index is 460. The number of amidine groups is 1. The molecule has 0 aliphatic carbocycles. The van der Waals surface area contributed by atoms with E-state index in [-0.39, 0.29) is 5.84 Å². The highest BCUT2D eigenvalue weighted by Gasteiger charge is 2.01. The quantitative estimate of drug-likeness (QED) is 0.319. The molecular formula is C9H9N5O. The predicted octanol–water partition coefficient (Wildman–Crippen LogP) is 0.362. The summed E-state index contributed by atoms with van der Waals surface area (Å²) >= 11 is 0. The third-order valence-electron chi connectivity index (χ3n) is 1.92. The highest BCUT2D eigenvalue weighted by atomic mass is 16.4. The van der Waals surface area contributed by atoms with Gasteiger partial charge in [-0.05, 0) is 12.1 Å². The third kappa shape index (κ3) is 1.78. The van der Waals surface area contributed by atoms with E-state index in [4.69, 9.17) is 10.9 Å². The van der Waals surface area contributed by atoms with Crippen LogP contribution in [0.15, 0.2) is 42.2 Å². The van der Waals surface area contributed by atoms with Crippen LogP contribution in [-0.4, -0.2) is 25.6 Å². The normalized spacial score (nSPS) is 11.6. The number of pyridine rings is 1. The molecule has 0 atom stereocenters. The van der Waals surface area contributed by atoms with Crippen LogP contribution >= 0.6 is 0 Å². The SMILES string of the molecule is N/C(=N/O)c1ccc(-n2ccnc2)cn1. The largest absolute Gasteiger partial charge is 0.409 e. The summed E-state index contributed by atoms with van der Waals surface area (Å²) in [5, 5.41) is 11.3. The standard InChI is InChI=1S/C9H9N5O/c10-9(13-15)8-2-1-7(5-12-8)14-4-3-11-6-14/h1-6,15H,(H2,10,13). The number of hydrogen-bond acceptors (Lipinski definition) is 4. The molecule has 0 aliphatic rings. The molecular weight excluding hydrogens is 194 g/mol. The minimum absolute atomic E-state index is 0.00724. The molecule has 15 heavy (non-hydrogen) atoms. The van der Waals surface area contributed by atoms with Gasteiger partial charge in [0.2, 0.25) is 0 Å². The lowest BCUT2D eigenvalue weighted by atomic mass is 10.3. The predicted molar refractivity (Wildman–Crippen MR) is 53.9 cm³/mol. The van der Waals surface area contributed by atoms with Crippen molar-refractivity contribution >= 4 is 5.84 Å². The number of imidazole rings is 1. The third-order valence-corrected chi connectivity index (χ3v) is 1.92. The highest BCUT2D eigenvalue weighted by molar-refractivity contribution is 5.95. The lowest BCUT2D eigenvalue weighted by molar-refractivity contribution is 0.318. The van der Waals surface area contributed by atoms with Crippen LogP contribution in [0.2, 0.25) is 0 Å². The van der Waals surface area contributed by atoms with Crippen molar-refractivity contribution in [2.45, 2.75) is 0 Å². The van der Waals surface area contributed by atoms with Crippen LogP contribution in [-0.2, 0) is 0 Å². The molecule has 76 valence electrons. The minimum Gasteiger partial charge on any atom is -0.409 e. The number of nitrogens with two attached hydrogens (primary N) is 1. The van der Waals surface area contributed by atoms with Crippen molar-refractivity contribution < 1.29 is 5.21 Å². The van der Waals surface area contributed by atoms with Crippen LogP contribution in [0.5, 0.6) is 0 Å². The number of hydrogen-bond donors (Lipinski definition) is 2. The van der Waals surface area contributed by atoms with Crippen LogP contribution in [0.4, 0.5) is 0 Å². The summed E-state index contributed by atoms with van der Waals surface area (Å²) in [6.45, 7) is 0. The number of nitrogens with zero attached hydrogens (tertiary/aromatic N) is 4. The molecule has 2 heterocycles. The number of oxime groups is 1. The van der Waals surface area contributed by atoms with E-state index in [0.717, 1.165) is 5.69 Å². The minimum atomic E-state index is -0.00724. The Balaban J connectivity index is 2.33. The molecule has 0 saturated heterocycles. The fourth-order valence-electron chi connectivity index (χ4n) is 1.15. The molecule has 2 aromatic rings. The Morgan fingerprint density at radius 3 is 2.87 bits per heavy atom. The molecule has 0 bridgehead atoms. The van der Waals surface area contributed by atoms with E-state index in [1.807, 2.05) is 10.6 Å². The van der Waals surface area contributed by atoms with E-state index < -0.39 is 0 Å². The summed E-state index contributed by atoms with van der Waals surface area (Å²) in [6.07, 6.45) is 6.77. The summed E-state index contributed by atoms with van der Waals surface area (Å²) in [6, 6.07) is 3.48.